The van der Waals surface area contributed by atoms with Crippen molar-refractivity contribution in [2.24, 2.45) is 0 Å². The van der Waals surface area contributed by atoms with Crippen molar-refractivity contribution in [1.82, 2.24) is 0 Å². The zero-order chi connectivity index (χ0) is 16.6. The number of benzene rings is 1. The third-order valence-electron chi connectivity index (χ3n) is 4.99. The molecule has 1 aromatic heterocycles. The van der Waals surface area contributed by atoms with E-state index < -0.39 is 5.60 Å². The molecule has 0 spiro atoms. The van der Waals surface area contributed by atoms with Crippen LogP contribution in [0, 0.1) is 0 Å². The SMILES string of the molecule is C[C@@H]1Oc2c(c3c(c4oc(=O)ccc24)C=CC(C)(C)O3)C1(C)C. The maximum Gasteiger partial charge on any atom is 0.336 e. The number of rotatable bonds is 0. The molecule has 3 heterocycles. The molecule has 0 radical (unpaired) electrons. The van der Waals surface area contributed by atoms with Gasteiger partial charge in [-0.15, -0.1) is 0 Å². The van der Waals surface area contributed by atoms with Gasteiger partial charge in [-0.25, -0.2) is 4.79 Å². The fraction of sp³-hybridized carbons (Fsp3) is 0.421. The molecule has 0 amide bonds. The fourth-order valence-electron chi connectivity index (χ4n) is 3.34. The molecule has 120 valence electrons. The van der Waals surface area contributed by atoms with Gasteiger partial charge in [0.25, 0.3) is 0 Å². The van der Waals surface area contributed by atoms with Gasteiger partial charge < -0.3 is 13.9 Å². The second-order valence-corrected chi connectivity index (χ2v) is 7.46. The maximum absolute atomic E-state index is 11.7. The van der Waals surface area contributed by atoms with Crippen LogP contribution in [0.25, 0.3) is 17.0 Å². The molecule has 0 N–H and O–H groups in total. The molecule has 0 bridgehead atoms. The lowest BCUT2D eigenvalue weighted by molar-refractivity contribution is 0.152. The Morgan fingerprint density at radius 1 is 1.09 bits per heavy atom. The molecule has 23 heavy (non-hydrogen) atoms. The Hall–Kier alpha value is -2.23. The lowest BCUT2D eigenvalue weighted by Gasteiger charge is -2.32. The van der Waals surface area contributed by atoms with Crippen LogP contribution < -0.4 is 15.1 Å². The zero-order valence-electron chi connectivity index (χ0n) is 14.0. The van der Waals surface area contributed by atoms with Crippen LogP contribution in [0.3, 0.4) is 0 Å². The second kappa shape index (κ2) is 4.19. The average Bonchev–Trinajstić information content (AvgIpc) is 2.68. The third kappa shape index (κ3) is 1.87. The first-order chi connectivity index (χ1) is 10.7. The minimum atomic E-state index is -0.411. The quantitative estimate of drug-likeness (QED) is 0.689. The van der Waals surface area contributed by atoms with E-state index in [9.17, 15) is 4.79 Å². The summed E-state index contributed by atoms with van der Waals surface area (Å²) >= 11 is 0. The molecule has 0 unspecified atom stereocenters. The maximum atomic E-state index is 11.7. The first-order valence-electron chi connectivity index (χ1n) is 7.90. The van der Waals surface area contributed by atoms with Crippen LogP contribution >= 0.6 is 0 Å². The number of ether oxygens (including phenoxy) is 2. The standard InChI is InChI=1S/C19H20O4/c1-10-19(4,5)14-16(21-10)11-6-7-13(20)22-15(11)12-8-9-18(2,3)23-17(12)14/h6-10H,1-5H3/t10-/m0/s1. The van der Waals surface area contributed by atoms with Crippen LogP contribution in [0.2, 0.25) is 0 Å². The van der Waals surface area contributed by atoms with Crippen molar-refractivity contribution in [3.63, 3.8) is 0 Å². The van der Waals surface area contributed by atoms with Crippen LogP contribution in [-0.2, 0) is 5.41 Å². The van der Waals surface area contributed by atoms with Gasteiger partial charge in [-0.3, -0.25) is 0 Å². The van der Waals surface area contributed by atoms with E-state index >= 15 is 0 Å². The van der Waals surface area contributed by atoms with Crippen molar-refractivity contribution < 1.29 is 13.9 Å². The molecule has 1 aromatic carbocycles. The van der Waals surface area contributed by atoms with E-state index in [0.717, 1.165) is 28.0 Å². The Morgan fingerprint density at radius 3 is 2.57 bits per heavy atom. The van der Waals surface area contributed by atoms with Crippen LogP contribution in [0.5, 0.6) is 11.5 Å². The first-order valence-corrected chi connectivity index (χ1v) is 7.90. The molecule has 4 rings (SSSR count). The Bertz CT molecular complexity index is 915. The summed E-state index contributed by atoms with van der Waals surface area (Å²) in [7, 11) is 0. The molecule has 0 aliphatic carbocycles. The molecule has 0 saturated heterocycles. The molecule has 1 atom stereocenters. The predicted octanol–water partition coefficient (Wildman–Crippen LogP) is 4.04. The zero-order valence-corrected chi connectivity index (χ0v) is 14.0. The van der Waals surface area contributed by atoms with Crippen molar-refractivity contribution in [3.05, 3.63) is 39.8 Å². The monoisotopic (exact) mass is 312 g/mol. The van der Waals surface area contributed by atoms with Gasteiger partial charge in [-0.2, -0.15) is 0 Å². The Labute approximate surface area is 134 Å². The highest BCUT2D eigenvalue weighted by Crippen LogP contribution is 2.54. The summed E-state index contributed by atoms with van der Waals surface area (Å²) in [5, 5.41) is 0.823. The predicted molar refractivity (Wildman–Crippen MR) is 89.3 cm³/mol. The van der Waals surface area contributed by atoms with E-state index in [-0.39, 0.29) is 17.1 Å². The topological polar surface area (TPSA) is 48.7 Å². The molecule has 0 fully saturated rings. The summed E-state index contributed by atoms with van der Waals surface area (Å²) in [6.07, 6.45) is 3.99. The van der Waals surface area contributed by atoms with Gasteiger partial charge in [0.05, 0.1) is 10.9 Å². The van der Waals surface area contributed by atoms with Gasteiger partial charge >= 0.3 is 5.63 Å². The summed E-state index contributed by atoms with van der Waals surface area (Å²) in [6, 6.07) is 3.22. The molecule has 4 heteroatoms. The average molecular weight is 312 g/mol. The molecule has 4 nitrogen and oxygen atoms in total. The number of hydrogen-bond acceptors (Lipinski definition) is 4. The summed E-state index contributed by atoms with van der Waals surface area (Å²) in [6.45, 7) is 10.4. The van der Waals surface area contributed by atoms with Crippen molar-refractivity contribution in [2.45, 2.75) is 51.7 Å². The Balaban J connectivity index is 2.18. The summed E-state index contributed by atoms with van der Waals surface area (Å²) in [5.74, 6) is 1.54. The molecular formula is C19H20O4. The van der Waals surface area contributed by atoms with E-state index in [1.807, 2.05) is 26.0 Å². The van der Waals surface area contributed by atoms with E-state index in [0.29, 0.717) is 5.58 Å². The third-order valence-corrected chi connectivity index (χ3v) is 4.99. The van der Waals surface area contributed by atoms with Crippen molar-refractivity contribution in [3.8, 4) is 11.5 Å². The minimum absolute atomic E-state index is 0.0109. The molecule has 0 saturated carbocycles. The van der Waals surface area contributed by atoms with Crippen LogP contribution in [0.1, 0.15) is 45.7 Å². The van der Waals surface area contributed by atoms with Gasteiger partial charge in [0.2, 0.25) is 0 Å². The fourth-order valence-corrected chi connectivity index (χ4v) is 3.34. The Morgan fingerprint density at radius 2 is 1.83 bits per heavy atom. The highest BCUT2D eigenvalue weighted by Gasteiger charge is 2.45. The van der Waals surface area contributed by atoms with Crippen molar-refractivity contribution in [2.75, 3.05) is 0 Å². The highest BCUT2D eigenvalue weighted by atomic mass is 16.5. The van der Waals surface area contributed by atoms with Crippen molar-refractivity contribution in [1.29, 1.82) is 0 Å². The van der Waals surface area contributed by atoms with Gasteiger partial charge in [0.15, 0.2) is 5.58 Å². The van der Waals surface area contributed by atoms with Gasteiger partial charge in [-0.1, -0.05) is 13.8 Å². The molecule has 2 aliphatic heterocycles. The highest BCUT2D eigenvalue weighted by molar-refractivity contribution is 5.96. The van der Waals surface area contributed by atoms with Crippen LogP contribution in [-0.4, -0.2) is 11.7 Å². The lowest BCUT2D eigenvalue weighted by Crippen LogP contribution is -2.32. The molecule has 2 aromatic rings. The van der Waals surface area contributed by atoms with Gasteiger partial charge in [-0.05, 0) is 39.0 Å². The van der Waals surface area contributed by atoms with E-state index in [1.165, 1.54) is 6.07 Å². The van der Waals surface area contributed by atoms with E-state index in [4.69, 9.17) is 13.9 Å². The largest absolute Gasteiger partial charge is 0.489 e. The van der Waals surface area contributed by atoms with Crippen LogP contribution in [0.15, 0.2) is 27.4 Å². The summed E-state index contributed by atoms with van der Waals surface area (Å²) in [5.41, 5.74) is 1.43. The van der Waals surface area contributed by atoms with Crippen molar-refractivity contribution >= 4 is 17.0 Å². The Kier molecular flexibility index (Phi) is 2.62. The second-order valence-electron chi connectivity index (χ2n) is 7.46. The number of hydrogen-bond donors (Lipinski definition) is 0. The normalized spacial score (nSPS) is 23.1. The van der Waals surface area contributed by atoms with Crippen LogP contribution in [0.4, 0.5) is 0 Å². The number of fused-ring (bicyclic) bond motifs is 6. The summed E-state index contributed by atoms with van der Waals surface area (Å²) < 4.78 is 17.9. The van der Waals surface area contributed by atoms with E-state index in [1.54, 1.807) is 6.07 Å². The van der Waals surface area contributed by atoms with Gasteiger partial charge in [0.1, 0.15) is 23.2 Å². The summed E-state index contributed by atoms with van der Waals surface area (Å²) in [4.78, 5) is 11.7. The lowest BCUT2D eigenvalue weighted by atomic mass is 9.79. The smallest absolute Gasteiger partial charge is 0.336 e. The van der Waals surface area contributed by atoms with Gasteiger partial charge in [0, 0.05) is 17.0 Å². The minimum Gasteiger partial charge on any atom is -0.489 e. The molecule has 2 aliphatic rings. The van der Waals surface area contributed by atoms with E-state index in [2.05, 4.69) is 20.8 Å². The first kappa shape index (κ1) is 14.4. The molecular weight excluding hydrogens is 292 g/mol.